The maximum absolute atomic E-state index is 13.3. The van der Waals surface area contributed by atoms with Gasteiger partial charge in [-0.2, -0.15) is 0 Å². The average Bonchev–Trinajstić information content (AvgIpc) is 3.35. The largest absolute Gasteiger partial charge is 0.394 e. The van der Waals surface area contributed by atoms with Crippen LogP contribution in [0.5, 0.6) is 0 Å². The molecule has 1 saturated carbocycles. The zero-order chi connectivity index (χ0) is 17.4. The molecule has 2 fully saturated rings. The first-order chi connectivity index (χ1) is 12.1. The maximum Gasteiger partial charge on any atom is 0.233 e. The lowest BCUT2D eigenvalue weighted by Gasteiger charge is -2.28. The molecule has 130 valence electrons. The van der Waals surface area contributed by atoms with Crippen LogP contribution in [-0.2, 0) is 10.2 Å². The Balaban J connectivity index is 1.58. The van der Waals surface area contributed by atoms with Crippen LogP contribution < -0.4 is 0 Å². The van der Waals surface area contributed by atoms with Crippen molar-refractivity contribution in [3.63, 3.8) is 0 Å². The number of halogens is 1. The first-order valence-corrected chi connectivity index (χ1v) is 9.25. The first-order valence-electron chi connectivity index (χ1n) is 8.87. The summed E-state index contributed by atoms with van der Waals surface area (Å²) >= 11 is 5.99. The second kappa shape index (κ2) is 6.47. The van der Waals surface area contributed by atoms with E-state index in [-0.39, 0.29) is 18.6 Å². The number of carbonyl (C=O) groups is 1. The van der Waals surface area contributed by atoms with Gasteiger partial charge in [0.05, 0.1) is 18.1 Å². The molecule has 0 bridgehead atoms. The monoisotopic (exact) mass is 355 g/mol. The number of rotatable bonds is 4. The molecule has 1 N–H and O–H groups in total. The molecule has 1 aliphatic heterocycles. The van der Waals surface area contributed by atoms with E-state index in [9.17, 15) is 9.90 Å². The van der Waals surface area contributed by atoms with Gasteiger partial charge in [0, 0.05) is 17.5 Å². The number of aliphatic hydroxyl groups excluding tert-OH is 1. The lowest BCUT2D eigenvalue weighted by atomic mass is 9.94. The summed E-state index contributed by atoms with van der Waals surface area (Å²) in [7, 11) is 0. The maximum atomic E-state index is 13.3. The van der Waals surface area contributed by atoms with E-state index >= 15 is 0 Å². The molecule has 1 heterocycles. The third kappa shape index (κ3) is 2.96. The van der Waals surface area contributed by atoms with Gasteiger partial charge in [0.2, 0.25) is 5.91 Å². The van der Waals surface area contributed by atoms with E-state index in [1.54, 1.807) is 0 Å². The van der Waals surface area contributed by atoms with E-state index in [1.807, 2.05) is 47.4 Å². The van der Waals surface area contributed by atoms with Crippen LogP contribution >= 0.6 is 11.6 Å². The zero-order valence-corrected chi connectivity index (χ0v) is 14.8. The number of nitrogens with zero attached hydrogens (tertiary/aromatic N) is 1. The molecule has 4 heteroatoms. The van der Waals surface area contributed by atoms with Gasteiger partial charge < -0.3 is 10.0 Å². The minimum Gasteiger partial charge on any atom is -0.394 e. The Hall–Kier alpha value is -1.84. The Morgan fingerprint density at radius 3 is 2.40 bits per heavy atom. The van der Waals surface area contributed by atoms with E-state index in [2.05, 4.69) is 12.1 Å². The third-order valence-corrected chi connectivity index (χ3v) is 5.97. The van der Waals surface area contributed by atoms with Gasteiger partial charge in [-0.25, -0.2) is 0 Å². The van der Waals surface area contributed by atoms with Gasteiger partial charge in [-0.15, -0.1) is 0 Å². The summed E-state index contributed by atoms with van der Waals surface area (Å²) in [5.41, 5.74) is 1.87. The second-order valence-corrected chi connectivity index (χ2v) is 7.66. The Bertz CT molecular complexity index is 755. The molecule has 0 spiro atoms. The van der Waals surface area contributed by atoms with Gasteiger partial charge in [-0.05, 0) is 42.5 Å². The van der Waals surface area contributed by atoms with Crippen molar-refractivity contribution >= 4 is 17.5 Å². The summed E-state index contributed by atoms with van der Waals surface area (Å²) in [6.07, 6.45) is 2.57. The fourth-order valence-corrected chi connectivity index (χ4v) is 4.23. The summed E-state index contributed by atoms with van der Waals surface area (Å²) in [4.78, 5) is 15.3. The van der Waals surface area contributed by atoms with E-state index in [1.165, 1.54) is 5.56 Å². The molecule has 1 aliphatic carbocycles. The van der Waals surface area contributed by atoms with Crippen molar-refractivity contribution in [1.82, 2.24) is 4.90 Å². The minimum absolute atomic E-state index is 0.0196. The predicted molar refractivity (Wildman–Crippen MR) is 98.8 cm³/mol. The van der Waals surface area contributed by atoms with Crippen molar-refractivity contribution in [1.29, 1.82) is 0 Å². The standard InChI is InChI=1S/C21H22ClNO2/c22-18-8-6-17(7-9-18)21(10-11-21)20(25)23-13-16(12-19(23)14-24)15-4-2-1-3-5-15/h1-9,16,19,24H,10-14H2/t16-,19+/m1/s1. The Labute approximate surface area is 153 Å². The van der Waals surface area contributed by atoms with Gasteiger partial charge in [0.25, 0.3) is 0 Å². The van der Waals surface area contributed by atoms with Gasteiger partial charge in [-0.1, -0.05) is 54.1 Å². The van der Waals surface area contributed by atoms with Crippen LogP contribution in [0.2, 0.25) is 5.02 Å². The van der Waals surface area contributed by atoms with Crippen LogP contribution in [-0.4, -0.2) is 35.1 Å². The van der Waals surface area contributed by atoms with Crippen LogP contribution in [0, 0.1) is 0 Å². The van der Waals surface area contributed by atoms with Gasteiger partial charge >= 0.3 is 0 Å². The van der Waals surface area contributed by atoms with Crippen molar-refractivity contribution in [3.05, 3.63) is 70.7 Å². The fourth-order valence-electron chi connectivity index (χ4n) is 4.10. The lowest BCUT2D eigenvalue weighted by Crippen LogP contribution is -2.43. The van der Waals surface area contributed by atoms with E-state index < -0.39 is 5.41 Å². The number of hydrogen-bond acceptors (Lipinski definition) is 2. The van der Waals surface area contributed by atoms with Crippen LogP contribution in [0.15, 0.2) is 54.6 Å². The highest BCUT2D eigenvalue weighted by molar-refractivity contribution is 6.30. The Kier molecular flexibility index (Phi) is 4.30. The minimum atomic E-state index is -0.413. The van der Waals surface area contributed by atoms with Crippen molar-refractivity contribution in [2.75, 3.05) is 13.2 Å². The molecular weight excluding hydrogens is 334 g/mol. The molecule has 2 aromatic rings. The van der Waals surface area contributed by atoms with Gasteiger partial charge in [0.1, 0.15) is 0 Å². The molecule has 2 aromatic carbocycles. The van der Waals surface area contributed by atoms with E-state index in [0.29, 0.717) is 17.5 Å². The fraction of sp³-hybridized carbons (Fsp3) is 0.381. The summed E-state index contributed by atoms with van der Waals surface area (Å²) in [5, 5.41) is 10.5. The number of hydrogen-bond donors (Lipinski definition) is 1. The van der Waals surface area contributed by atoms with Crippen molar-refractivity contribution in [2.45, 2.75) is 36.6 Å². The topological polar surface area (TPSA) is 40.5 Å². The molecule has 0 aromatic heterocycles. The summed E-state index contributed by atoms with van der Waals surface area (Å²) in [6, 6.07) is 17.8. The summed E-state index contributed by atoms with van der Waals surface area (Å²) in [5.74, 6) is 0.454. The van der Waals surface area contributed by atoms with Crippen LogP contribution in [0.25, 0.3) is 0 Å². The molecule has 2 aliphatic rings. The Morgan fingerprint density at radius 2 is 1.80 bits per heavy atom. The molecule has 25 heavy (non-hydrogen) atoms. The highest BCUT2D eigenvalue weighted by Crippen LogP contribution is 2.51. The second-order valence-electron chi connectivity index (χ2n) is 7.23. The third-order valence-electron chi connectivity index (χ3n) is 5.71. The molecule has 0 unspecified atom stereocenters. The molecular formula is C21H22ClNO2. The highest BCUT2D eigenvalue weighted by Gasteiger charge is 2.55. The zero-order valence-electron chi connectivity index (χ0n) is 14.1. The van der Waals surface area contributed by atoms with Gasteiger partial charge in [-0.3, -0.25) is 4.79 Å². The van der Waals surface area contributed by atoms with Crippen LogP contribution in [0.3, 0.4) is 0 Å². The highest BCUT2D eigenvalue weighted by atomic mass is 35.5. The van der Waals surface area contributed by atoms with Crippen molar-refractivity contribution in [2.24, 2.45) is 0 Å². The number of aliphatic hydroxyl groups is 1. The number of benzene rings is 2. The molecule has 4 rings (SSSR count). The molecule has 0 radical (unpaired) electrons. The van der Waals surface area contributed by atoms with Crippen LogP contribution in [0.4, 0.5) is 0 Å². The van der Waals surface area contributed by atoms with Crippen molar-refractivity contribution in [3.8, 4) is 0 Å². The summed E-state index contributed by atoms with van der Waals surface area (Å²) in [6.45, 7) is 0.704. The van der Waals surface area contributed by atoms with Crippen LogP contribution in [0.1, 0.15) is 36.3 Å². The molecule has 3 nitrogen and oxygen atoms in total. The van der Waals surface area contributed by atoms with Gasteiger partial charge in [0.15, 0.2) is 0 Å². The predicted octanol–water partition coefficient (Wildman–Crippen LogP) is 3.75. The normalized spacial score (nSPS) is 24.3. The lowest BCUT2D eigenvalue weighted by molar-refractivity contribution is -0.135. The van der Waals surface area contributed by atoms with E-state index in [4.69, 9.17) is 11.6 Å². The van der Waals surface area contributed by atoms with Crippen molar-refractivity contribution < 1.29 is 9.90 Å². The molecule has 2 atom stereocenters. The van der Waals surface area contributed by atoms with E-state index in [0.717, 1.165) is 24.8 Å². The average molecular weight is 356 g/mol. The number of amides is 1. The smallest absolute Gasteiger partial charge is 0.233 e. The summed E-state index contributed by atoms with van der Waals surface area (Å²) < 4.78 is 0. The SMILES string of the molecule is O=C(N1C[C@H](c2ccccc2)C[C@H]1CO)C1(c2ccc(Cl)cc2)CC1. The first kappa shape index (κ1) is 16.6. The Morgan fingerprint density at radius 1 is 1.12 bits per heavy atom. The molecule has 1 saturated heterocycles. The number of likely N-dealkylation sites (tertiary alicyclic amines) is 1. The number of carbonyl (C=O) groups excluding carboxylic acids is 1. The quantitative estimate of drug-likeness (QED) is 0.907. The molecule has 1 amide bonds.